The van der Waals surface area contributed by atoms with Gasteiger partial charge < -0.3 is 9.73 Å². The van der Waals surface area contributed by atoms with Crippen molar-refractivity contribution in [3.05, 3.63) is 92.7 Å². The number of nitrogens with one attached hydrogen (secondary N) is 1. The molecule has 1 N–H and O–H groups in total. The Labute approximate surface area is 189 Å². The largest absolute Gasteiger partial charge is 0.463 e. The number of carbonyl (C=O) groups is 1. The fourth-order valence-corrected chi connectivity index (χ4v) is 3.38. The van der Waals surface area contributed by atoms with Crippen LogP contribution in [0.4, 0.5) is 0 Å². The standard InChI is InChI=1S/C24H23N5O4/c1-16-5-6-17(2)18(14-16)19-7-9-24(32)29(26-19)15-22(30)25-11-12-28-23(31)10-8-20(27-28)21-4-3-13-33-21/h3-10,13-14H,11-12,15H2,1-2H3,(H,25,30). The Kier molecular flexibility index (Phi) is 6.30. The molecule has 0 atom stereocenters. The van der Waals surface area contributed by atoms with Gasteiger partial charge in [-0.2, -0.15) is 10.2 Å². The van der Waals surface area contributed by atoms with Gasteiger partial charge in [-0.1, -0.05) is 17.7 Å². The van der Waals surface area contributed by atoms with Crippen LogP contribution in [0.3, 0.4) is 0 Å². The molecule has 0 fully saturated rings. The van der Waals surface area contributed by atoms with Crippen LogP contribution in [0.1, 0.15) is 11.1 Å². The van der Waals surface area contributed by atoms with E-state index in [0.29, 0.717) is 17.1 Å². The summed E-state index contributed by atoms with van der Waals surface area (Å²) in [7, 11) is 0. The molecule has 33 heavy (non-hydrogen) atoms. The van der Waals surface area contributed by atoms with Crippen molar-refractivity contribution in [1.82, 2.24) is 24.9 Å². The maximum atomic E-state index is 12.4. The van der Waals surface area contributed by atoms with Crippen LogP contribution in [0.25, 0.3) is 22.7 Å². The lowest BCUT2D eigenvalue weighted by Crippen LogP contribution is -2.36. The maximum Gasteiger partial charge on any atom is 0.267 e. The summed E-state index contributed by atoms with van der Waals surface area (Å²) in [5.74, 6) is 0.153. The van der Waals surface area contributed by atoms with E-state index in [2.05, 4.69) is 15.5 Å². The molecule has 0 spiro atoms. The number of amides is 1. The Balaban J connectivity index is 1.42. The van der Waals surface area contributed by atoms with Gasteiger partial charge in [-0.3, -0.25) is 14.4 Å². The zero-order valence-electron chi connectivity index (χ0n) is 18.3. The first-order valence-electron chi connectivity index (χ1n) is 10.5. The third-order valence-electron chi connectivity index (χ3n) is 5.12. The molecule has 168 valence electrons. The van der Waals surface area contributed by atoms with E-state index in [0.717, 1.165) is 21.4 Å². The summed E-state index contributed by atoms with van der Waals surface area (Å²) >= 11 is 0. The van der Waals surface area contributed by atoms with Crippen molar-refractivity contribution in [3.63, 3.8) is 0 Å². The van der Waals surface area contributed by atoms with Gasteiger partial charge in [0.05, 0.1) is 18.5 Å². The molecule has 0 aliphatic heterocycles. The highest BCUT2D eigenvalue weighted by molar-refractivity contribution is 5.75. The highest BCUT2D eigenvalue weighted by Gasteiger charge is 2.11. The molecule has 0 bridgehead atoms. The summed E-state index contributed by atoms with van der Waals surface area (Å²) < 4.78 is 7.69. The minimum absolute atomic E-state index is 0.165. The first-order valence-corrected chi connectivity index (χ1v) is 10.5. The van der Waals surface area contributed by atoms with E-state index >= 15 is 0 Å². The normalized spacial score (nSPS) is 10.8. The predicted octanol–water partition coefficient (Wildman–Crippen LogP) is 2.16. The van der Waals surface area contributed by atoms with Gasteiger partial charge in [0, 0.05) is 24.2 Å². The van der Waals surface area contributed by atoms with Crippen molar-refractivity contribution in [1.29, 1.82) is 0 Å². The highest BCUT2D eigenvalue weighted by Crippen LogP contribution is 2.21. The van der Waals surface area contributed by atoms with Gasteiger partial charge in [0.15, 0.2) is 5.76 Å². The van der Waals surface area contributed by atoms with E-state index in [-0.39, 0.29) is 30.8 Å². The van der Waals surface area contributed by atoms with Gasteiger partial charge in [0.1, 0.15) is 12.2 Å². The molecular formula is C24H23N5O4. The van der Waals surface area contributed by atoms with Gasteiger partial charge >= 0.3 is 0 Å². The van der Waals surface area contributed by atoms with Gasteiger partial charge in [0.25, 0.3) is 11.1 Å². The summed E-state index contributed by atoms with van der Waals surface area (Å²) in [4.78, 5) is 36.7. The summed E-state index contributed by atoms with van der Waals surface area (Å²) in [6.45, 7) is 4.06. The van der Waals surface area contributed by atoms with Crippen LogP contribution < -0.4 is 16.4 Å². The predicted molar refractivity (Wildman–Crippen MR) is 123 cm³/mol. The quantitative estimate of drug-likeness (QED) is 0.467. The zero-order chi connectivity index (χ0) is 23.4. The average molecular weight is 445 g/mol. The van der Waals surface area contributed by atoms with E-state index in [9.17, 15) is 14.4 Å². The molecule has 9 nitrogen and oxygen atoms in total. The molecule has 3 heterocycles. The molecule has 9 heteroatoms. The summed E-state index contributed by atoms with van der Waals surface area (Å²) in [6, 6.07) is 15.5. The number of carbonyl (C=O) groups excluding carboxylic acids is 1. The number of rotatable bonds is 7. The Morgan fingerprint density at radius 2 is 1.67 bits per heavy atom. The SMILES string of the molecule is Cc1ccc(C)c(-c2ccc(=O)n(CC(=O)NCCn3nc(-c4ccco4)ccc3=O)n2)c1. The number of aromatic nitrogens is 4. The second-order valence-corrected chi connectivity index (χ2v) is 7.64. The van der Waals surface area contributed by atoms with Crippen LogP contribution in [-0.2, 0) is 17.9 Å². The number of aryl methyl sites for hydroxylation is 2. The molecule has 0 radical (unpaired) electrons. The van der Waals surface area contributed by atoms with Crippen molar-refractivity contribution in [2.75, 3.05) is 6.54 Å². The smallest absolute Gasteiger partial charge is 0.267 e. The third-order valence-corrected chi connectivity index (χ3v) is 5.12. The molecular weight excluding hydrogens is 422 g/mol. The molecule has 4 aromatic rings. The maximum absolute atomic E-state index is 12.4. The second-order valence-electron chi connectivity index (χ2n) is 7.64. The molecule has 1 aromatic carbocycles. The van der Waals surface area contributed by atoms with E-state index in [4.69, 9.17) is 4.42 Å². The Morgan fingerprint density at radius 1 is 0.939 bits per heavy atom. The average Bonchev–Trinajstić information content (AvgIpc) is 3.33. The molecule has 0 saturated heterocycles. The van der Waals surface area contributed by atoms with Crippen molar-refractivity contribution in [2.24, 2.45) is 0 Å². The van der Waals surface area contributed by atoms with E-state index in [1.165, 1.54) is 23.1 Å². The molecule has 1 amide bonds. The minimum Gasteiger partial charge on any atom is -0.463 e. The van der Waals surface area contributed by atoms with Gasteiger partial charge in [-0.05, 0) is 49.7 Å². The fraction of sp³-hybridized carbons (Fsp3) is 0.208. The second kappa shape index (κ2) is 9.47. The number of hydrogen-bond acceptors (Lipinski definition) is 6. The molecule has 0 unspecified atom stereocenters. The summed E-state index contributed by atoms with van der Waals surface area (Å²) in [6.07, 6.45) is 1.53. The van der Waals surface area contributed by atoms with E-state index in [1.54, 1.807) is 24.3 Å². The first kappa shape index (κ1) is 21.9. The monoisotopic (exact) mass is 445 g/mol. The Bertz CT molecular complexity index is 1400. The van der Waals surface area contributed by atoms with Crippen molar-refractivity contribution in [2.45, 2.75) is 26.9 Å². The minimum atomic E-state index is -0.391. The van der Waals surface area contributed by atoms with Crippen LogP contribution in [0.15, 0.2) is 74.9 Å². The Hall–Kier alpha value is -4.27. The molecule has 0 aliphatic carbocycles. The molecule has 4 rings (SSSR count). The number of furan rings is 1. The lowest BCUT2D eigenvalue weighted by atomic mass is 10.0. The highest BCUT2D eigenvalue weighted by atomic mass is 16.3. The Morgan fingerprint density at radius 3 is 2.42 bits per heavy atom. The summed E-state index contributed by atoms with van der Waals surface area (Å²) in [5.41, 5.74) is 3.48. The van der Waals surface area contributed by atoms with E-state index < -0.39 is 5.91 Å². The van der Waals surface area contributed by atoms with Crippen molar-refractivity contribution < 1.29 is 9.21 Å². The lowest BCUT2D eigenvalue weighted by molar-refractivity contribution is -0.121. The van der Waals surface area contributed by atoms with Crippen molar-refractivity contribution >= 4 is 5.91 Å². The van der Waals surface area contributed by atoms with Crippen LogP contribution in [0.2, 0.25) is 0 Å². The summed E-state index contributed by atoms with van der Waals surface area (Å²) in [5, 5.41) is 11.3. The van der Waals surface area contributed by atoms with Gasteiger partial charge in [0.2, 0.25) is 5.91 Å². The van der Waals surface area contributed by atoms with Crippen LogP contribution >= 0.6 is 0 Å². The van der Waals surface area contributed by atoms with Gasteiger partial charge in [-0.25, -0.2) is 9.36 Å². The van der Waals surface area contributed by atoms with Crippen LogP contribution in [0, 0.1) is 13.8 Å². The fourth-order valence-electron chi connectivity index (χ4n) is 3.38. The topological polar surface area (TPSA) is 112 Å². The third kappa shape index (κ3) is 5.15. The number of benzene rings is 1. The number of hydrogen-bond donors (Lipinski definition) is 1. The first-order chi connectivity index (χ1) is 15.9. The van der Waals surface area contributed by atoms with Crippen molar-refractivity contribution in [3.8, 4) is 22.7 Å². The van der Waals surface area contributed by atoms with Crippen LogP contribution in [-0.4, -0.2) is 32.0 Å². The lowest BCUT2D eigenvalue weighted by Gasteiger charge is -2.11. The molecule has 0 saturated carbocycles. The van der Waals surface area contributed by atoms with Gasteiger partial charge in [-0.15, -0.1) is 0 Å². The zero-order valence-corrected chi connectivity index (χ0v) is 18.3. The van der Waals surface area contributed by atoms with Crippen LogP contribution in [0.5, 0.6) is 0 Å². The molecule has 3 aromatic heterocycles. The van der Waals surface area contributed by atoms with E-state index in [1.807, 2.05) is 32.0 Å². The molecule has 0 aliphatic rings. The number of nitrogens with zero attached hydrogens (tertiary/aromatic N) is 4.